The maximum absolute atomic E-state index is 12.8. The summed E-state index contributed by atoms with van der Waals surface area (Å²) in [6.07, 6.45) is 0.835. The largest absolute Gasteiger partial charge is 0.357 e. The van der Waals surface area contributed by atoms with Gasteiger partial charge in [0.25, 0.3) is 0 Å². The first-order valence-corrected chi connectivity index (χ1v) is 8.03. The number of nitrogens with one attached hydrogen (secondary N) is 1. The van der Waals surface area contributed by atoms with Gasteiger partial charge >= 0.3 is 0 Å². The maximum atomic E-state index is 12.8. The molecule has 0 bridgehead atoms. The summed E-state index contributed by atoms with van der Waals surface area (Å²) in [6, 6.07) is 17.4. The second-order valence-corrected chi connectivity index (χ2v) is 5.99. The molecule has 3 rings (SSSR count). The van der Waals surface area contributed by atoms with Gasteiger partial charge in [-0.1, -0.05) is 54.2 Å². The van der Waals surface area contributed by atoms with Gasteiger partial charge in [-0.15, -0.1) is 0 Å². The minimum absolute atomic E-state index is 0.191. The molecule has 1 aliphatic heterocycles. The van der Waals surface area contributed by atoms with Crippen molar-refractivity contribution in [3.05, 3.63) is 71.5 Å². The predicted octanol–water partition coefficient (Wildman–Crippen LogP) is 3.80. The fourth-order valence-corrected chi connectivity index (χ4v) is 3.30. The van der Waals surface area contributed by atoms with Crippen LogP contribution >= 0.6 is 11.8 Å². The molecule has 0 radical (unpaired) electrons. The zero-order valence-electron chi connectivity index (χ0n) is 11.6. The average molecular weight is 300 g/mol. The molecule has 108 valence electrons. The van der Waals surface area contributed by atoms with Crippen LogP contribution in [0.25, 0.3) is 0 Å². The summed E-state index contributed by atoms with van der Waals surface area (Å²) in [5, 5.41) is 4.46. The molecule has 2 aromatic rings. The van der Waals surface area contributed by atoms with Crippen molar-refractivity contribution in [2.45, 2.75) is 12.5 Å². The highest BCUT2D eigenvalue weighted by atomic mass is 32.2. The first-order valence-electron chi connectivity index (χ1n) is 7.04. The smallest absolute Gasteiger partial charge is 0.157 e. The first-order chi connectivity index (χ1) is 10.3. The molecule has 2 aromatic carbocycles. The van der Waals surface area contributed by atoms with E-state index in [4.69, 9.17) is 0 Å². The molecule has 1 aliphatic rings. The zero-order chi connectivity index (χ0) is 14.5. The molecule has 1 fully saturated rings. The number of aliphatic imine (C=N–C) groups is 1. The molecule has 0 aliphatic carbocycles. The number of thioether (sulfide) groups is 1. The molecule has 1 N–H and O–H groups in total. The summed E-state index contributed by atoms with van der Waals surface area (Å²) in [6.45, 7) is 0.725. The quantitative estimate of drug-likeness (QED) is 0.928. The molecule has 1 unspecified atom stereocenters. The van der Waals surface area contributed by atoms with Crippen molar-refractivity contribution < 1.29 is 4.39 Å². The van der Waals surface area contributed by atoms with E-state index in [-0.39, 0.29) is 5.82 Å². The zero-order valence-corrected chi connectivity index (χ0v) is 12.4. The van der Waals surface area contributed by atoms with Gasteiger partial charge in [-0.25, -0.2) is 4.39 Å². The molecule has 0 amide bonds. The Kier molecular flexibility index (Phi) is 4.55. The third kappa shape index (κ3) is 3.85. The molecule has 1 saturated heterocycles. The van der Waals surface area contributed by atoms with Crippen LogP contribution in [0.4, 0.5) is 4.39 Å². The fourth-order valence-electron chi connectivity index (χ4n) is 2.29. The molecule has 1 heterocycles. The van der Waals surface area contributed by atoms with E-state index in [1.165, 1.54) is 17.7 Å². The number of rotatable bonds is 4. The van der Waals surface area contributed by atoms with Crippen LogP contribution in [0.1, 0.15) is 17.2 Å². The second kappa shape index (κ2) is 6.76. The van der Waals surface area contributed by atoms with Crippen LogP contribution < -0.4 is 5.32 Å². The van der Waals surface area contributed by atoms with Crippen molar-refractivity contribution in [2.75, 3.05) is 12.3 Å². The Bertz CT molecular complexity index is 610. The van der Waals surface area contributed by atoms with Crippen molar-refractivity contribution in [1.82, 2.24) is 5.32 Å². The van der Waals surface area contributed by atoms with E-state index >= 15 is 0 Å². The Morgan fingerprint density at radius 3 is 2.62 bits per heavy atom. The Morgan fingerprint density at radius 2 is 1.86 bits per heavy atom. The van der Waals surface area contributed by atoms with Gasteiger partial charge in [0, 0.05) is 12.3 Å². The molecule has 0 aromatic heterocycles. The third-order valence-electron chi connectivity index (χ3n) is 3.46. The number of amidine groups is 1. The van der Waals surface area contributed by atoms with Gasteiger partial charge in [0.05, 0.1) is 6.04 Å². The molecule has 0 spiro atoms. The summed E-state index contributed by atoms with van der Waals surface area (Å²) in [7, 11) is 0. The summed E-state index contributed by atoms with van der Waals surface area (Å²) >= 11 is 1.76. The summed E-state index contributed by atoms with van der Waals surface area (Å²) in [5.41, 5.74) is 2.41. The van der Waals surface area contributed by atoms with Gasteiger partial charge in [0.2, 0.25) is 0 Å². The molecule has 1 atom stereocenters. The number of hydrogen-bond donors (Lipinski definition) is 1. The minimum Gasteiger partial charge on any atom is -0.357 e. The standard InChI is InChI=1S/C17H17FN2S/c18-15-8-6-13(7-9-15)10-11-19-17-20-16(12-21-17)14-4-2-1-3-5-14/h1-9,16H,10-12H2,(H,19,20). The van der Waals surface area contributed by atoms with E-state index in [1.54, 1.807) is 11.8 Å². The van der Waals surface area contributed by atoms with Crippen LogP contribution in [0.5, 0.6) is 0 Å². The molecule has 0 saturated carbocycles. The van der Waals surface area contributed by atoms with E-state index < -0.39 is 0 Å². The van der Waals surface area contributed by atoms with Crippen LogP contribution in [0, 0.1) is 5.82 Å². The summed E-state index contributed by atoms with van der Waals surface area (Å²) in [4.78, 5) is 4.59. The average Bonchev–Trinajstić information content (AvgIpc) is 2.99. The normalized spacial score (nSPS) is 19.7. The van der Waals surface area contributed by atoms with Crippen LogP contribution in [-0.4, -0.2) is 17.5 Å². The van der Waals surface area contributed by atoms with Gasteiger partial charge in [0.1, 0.15) is 5.82 Å². The lowest BCUT2D eigenvalue weighted by Gasteiger charge is -2.09. The van der Waals surface area contributed by atoms with Crippen molar-refractivity contribution in [1.29, 1.82) is 0 Å². The van der Waals surface area contributed by atoms with Crippen molar-refractivity contribution >= 4 is 16.9 Å². The monoisotopic (exact) mass is 300 g/mol. The van der Waals surface area contributed by atoms with E-state index in [1.807, 2.05) is 18.2 Å². The Hall–Kier alpha value is -1.81. The highest BCUT2D eigenvalue weighted by Gasteiger charge is 2.21. The van der Waals surface area contributed by atoms with E-state index in [0.29, 0.717) is 6.04 Å². The number of benzene rings is 2. The number of halogens is 1. The van der Waals surface area contributed by atoms with Crippen LogP contribution in [0.2, 0.25) is 0 Å². The van der Waals surface area contributed by atoms with Crippen LogP contribution in [0.3, 0.4) is 0 Å². The number of hydrogen-bond acceptors (Lipinski definition) is 2. The molecular weight excluding hydrogens is 283 g/mol. The number of nitrogens with zero attached hydrogens (tertiary/aromatic N) is 1. The van der Waals surface area contributed by atoms with Crippen LogP contribution in [0.15, 0.2) is 59.6 Å². The van der Waals surface area contributed by atoms with Gasteiger partial charge in [-0.3, -0.25) is 4.99 Å². The lowest BCUT2D eigenvalue weighted by Crippen LogP contribution is -2.19. The van der Waals surface area contributed by atoms with E-state index in [9.17, 15) is 4.39 Å². The van der Waals surface area contributed by atoms with E-state index in [0.717, 1.165) is 29.4 Å². The Balaban J connectivity index is 1.53. The SMILES string of the molecule is Fc1ccc(CCN=C2NC(c3ccccc3)CS2)cc1. The highest BCUT2D eigenvalue weighted by molar-refractivity contribution is 8.14. The summed E-state index contributed by atoms with van der Waals surface area (Å²) in [5.74, 6) is 0.822. The van der Waals surface area contributed by atoms with Crippen molar-refractivity contribution in [3.8, 4) is 0 Å². The topological polar surface area (TPSA) is 24.4 Å². The fraction of sp³-hybridized carbons (Fsp3) is 0.235. The molecular formula is C17H17FN2S. The van der Waals surface area contributed by atoms with Gasteiger partial charge in [-0.05, 0) is 29.7 Å². The van der Waals surface area contributed by atoms with Crippen molar-refractivity contribution in [2.24, 2.45) is 4.99 Å². The first kappa shape index (κ1) is 14.1. The summed E-state index contributed by atoms with van der Waals surface area (Å²) < 4.78 is 12.8. The van der Waals surface area contributed by atoms with Gasteiger partial charge in [0.15, 0.2) is 5.17 Å². The van der Waals surface area contributed by atoms with Crippen LogP contribution in [-0.2, 0) is 6.42 Å². The molecule has 21 heavy (non-hydrogen) atoms. The lowest BCUT2D eigenvalue weighted by molar-refractivity contribution is 0.627. The Morgan fingerprint density at radius 1 is 1.10 bits per heavy atom. The predicted molar refractivity (Wildman–Crippen MR) is 87.2 cm³/mol. The lowest BCUT2D eigenvalue weighted by atomic mass is 10.1. The second-order valence-electron chi connectivity index (χ2n) is 4.98. The third-order valence-corrected chi connectivity index (χ3v) is 4.48. The van der Waals surface area contributed by atoms with Gasteiger partial charge < -0.3 is 5.32 Å². The minimum atomic E-state index is -0.191. The maximum Gasteiger partial charge on any atom is 0.157 e. The van der Waals surface area contributed by atoms with E-state index in [2.05, 4.69) is 34.6 Å². The molecule has 4 heteroatoms. The highest BCUT2D eigenvalue weighted by Crippen LogP contribution is 2.25. The van der Waals surface area contributed by atoms with Crippen molar-refractivity contribution in [3.63, 3.8) is 0 Å². The molecule has 2 nitrogen and oxygen atoms in total. The van der Waals surface area contributed by atoms with Gasteiger partial charge in [-0.2, -0.15) is 0 Å². The Labute approximate surface area is 128 Å².